The maximum Gasteiger partial charge on any atom is 0.306 e. The number of carbonyl (C=O) groups excluding carboxylic acids is 2. The number of allylic oxidation sites excluding steroid dienone is 9. The van der Waals surface area contributed by atoms with Gasteiger partial charge in [0.25, 0.3) is 7.82 Å². The van der Waals surface area contributed by atoms with Crippen molar-refractivity contribution >= 4 is 19.7 Å². The van der Waals surface area contributed by atoms with Crippen LogP contribution in [0.1, 0.15) is 233 Å². The van der Waals surface area contributed by atoms with Gasteiger partial charge in [-0.1, -0.05) is 191 Å². The number of carbonyl (C=O) groups is 2. The zero-order valence-electron chi connectivity index (χ0n) is 43.6. The molecule has 0 saturated carbocycles. The van der Waals surface area contributed by atoms with Crippen molar-refractivity contribution in [1.29, 1.82) is 0 Å². The molecule has 0 aromatic carbocycles. The fraction of sp³-hybridized carbons (Fsp3) is 0.786. The van der Waals surface area contributed by atoms with Crippen LogP contribution in [0.25, 0.3) is 0 Å². The Hall–Kier alpha value is -2.29. The molecule has 66 heavy (non-hydrogen) atoms. The average Bonchev–Trinajstić information content (AvgIpc) is 3.27. The van der Waals surface area contributed by atoms with Crippen LogP contribution >= 0.6 is 7.82 Å². The van der Waals surface area contributed by atoms with Crippen LogP contribution < -0.4 is 10.2 Å². The minimum Gasteiger partial charge on any atom is -0.756 e. The van der Waals surface area contributed by atoms with E-state index in [0.29, 0.717) is 23.9 Å². The first kappa shape index (κ1) is 63.7. The first-order chi connectivity index (χ1) is 31.9. The van der Waals surface area contributed by atoms with Gasteiger partial charge in [-0.2, -0.15) is 0 Å². The SMILES string of the molecule is CC/C=C/C/C=C/C/C=C/CCCCCCC(=O)NC(COP(=O)([O-])OCC[N+](C)(C)C)C(/C=C/CCCCCCCCCCCC)OC(=O)CCCCC/C=C\CCCCCCCCC. The van der Waals surface area contributed by atoms with Crippen molar-refractivity contribution in [3.8, 4) is 0 Å². The van der Waals surface area contributed by atoms with Gasteiger partial charge in [-0.05, 0) is 89.5 Å². The Labute approximate surface area is 407 Å². The van der Waals surface area contributed by atoms with E-state index in [2.05, 4.69) is 74.7 Å². The summed E-state index contributed by atoms with van der Waals surface area (Å²) < 4.78 is 30.1. The molecule has 0 rings (SSSR count). The van der Waals surface area contributed by atoms with Crippen LogP contribution in [-0.4, -0.2) is 69.4 Å². The first-order valence-electron chi connectivity index (χ1n) is 27.1. The second-order valence-electron chi connectivity index (χ2n) is 19.3. The predicted molar refractivity (Wildman–Crippen MR) is 279 cm³/mol. The van der Waals surface area contributed by atoms with Crippen LogP contribution in [0.5, 0.6) is 0 Å². The molecule has 10 heteroatoms. The minimum absolute atomic E-state index is 0.0305. The molecule has 0 fully saturated rings. The van der Waals surface area contributed by atoms with E-state index < -0.39 is 26.6 Å². The molecule has 1 amide bonds. The molecule has 0 aliphatic carbocycles. The van der Waals surface area contributed by atoms with E-state index in [0.717, 1.165) is 89.9 Å². The van der Waals surface area contributed by atoms with Crippen molar-refractivity contribution in [3.05, 3.63) is 60.8 Å². The Morgan fingerprint density at radius 3 is 1.48 bits per heavy atom. The van der Waals surface area contributed by atoms with Crippen LogP contribution in [0.2, 0.25) is 0 Å². The number of nitrogens with zero attached hydrogens (tertiary/aromatic N) is 1. The third-order valence-corrected chi connectivity index (χ3v) is 12.6. The molecule has 0 aromatic heterocycles. The highest BCUT2D eigenvalue weighted by Crippen LogP contribution is 2.38. The number of rotatable bonds is 48. The standard InChI is InChI=1S/C56H103N2O7P/c1-7-10-13-16-19-22-25-28-30-33-36-39-42-45-48-55(59)57-53(52-64-66(61,62)63-51-50-58(4,5)6)54(47-44-41-38-35-32-27-24-21-18-15-12-9-3)65-56(60)49-46-43-40-37-34-31-29-26-23-20-17-14-11-8-2/h10,13,19,22,28,30-31,34,44,47,53-54H,7-9,11-12,14-18,20-21,23-27,29,32-33,35-43,45-46,48-52H2,1-6H3,(H-,57,59,61,62)/b13-10+,22-19+,30-28+,34-31-,47-44+. The zero-order valence-corrected chi connectivity index (χ0v) is 44.5. The number of hydrogen-bond donors (Lipinski definition) is 1. The third kappa shape index (κ3) is 46.8. The number of amides is 1. The second-order valence-corrected chi connectivity index (χ2v) is 20.8. The maximum atomic E-state index is 13.4. The lowest BCUT2D eigenvalue weighted by Crippen LogP contribution is -2.47. The quantitative estimate of drug-likeness (QED) is 0.0212. The largest absolute Gasteiger partial charge is 0.756 e. The second kappa shape index (κ2) is 46.4. The third-order valence-electron chi connectivity index (χ3n) is 11.7. The van der Waals surface area contributed by atoms with Crippen molar-refractivity contribution in [2.45, 2.75) is 245 Å². The molecule has 1 N–H and O–H groups in total. The lowest BCUT2D eigenvalue weighted by Gasteiger charge is -2.30. The van der Waals surface area contributed by atoms with Gasteiger partial charge in [-0.15, -0.1) is 0 Å². The van der Waals surface area contributed by atoms with Gasteiger partial charge in [0, 0.05) is 12.8 Å². The number of ether oxygens (including phenoxy) is 1. The average molecular weight is 947 g/mol. The smallest absolute Gasteiger partial charge is 0.306 e. The highest BCUT2D eigenvalue weighted by atomic mass is 31.2. The van der Waals surface area contributed by atoms with Crippen LogP contribution in [0, 0.1) is 0 Å². The molecule has 0 spiro atoms. The van der Waals surface area contributed by atoms with Gasteiger partial charge in [0.1, 0.15) is 19.3 Å². The zero-order chi connectivity index (χ0) is 48.7. The monoisotopic (exact) mass is 947 g/mol. The number of hydrogen-bond acceptors (Lipinski definition) is 7. The molecule has 0 saturated heterocycles. The Bertz CT molecular complexity index is 1320. The lowest BCUT2D eigenvalue weighted by atomic mass is 10.0. The summed E-state index contributed by atoms with van der Waals surface area (Å²) in [6, 6.07) is -0.905. The number of phosphoric acid groups is 1. The van der Waals surface area contributed by atoms with Crippen molar-refractivity contribution in [2.75, 3.05) is 40.9 Å². The molecule has 3 unspecified atom stereocenters. The van der Waals surface area contributed by atoms with E-state index in [4.69, 9.17) is 13.8 Å². The topological polar surface area (TPSA) is 114 Å². The van der Waals surface area contributed by atoms with E-state index in [1.54, 1.807) is 0 Å². The summed E-state index contributed by atoms with van der Waals surface area (Å²) in [6.07, 6.45) is 56.1. The molecule has 0 bridgehead atoms. The van der Waals surface area contributed by atoms with E-state index in [9.17, 15) is 19.0 Å². The summed E-state index contributed by atoms with van der Waals surface area (Å²) in [5.41, 5.74) is 0. The Morgan fingerprint density at radius 2 is 0.970 bits per heavy atom. The van der Waals surface area contributed by atoms with E-state index in [1.807, 2.05) is 33.3 Å². The summed E-state index contributed by atoms with van der Waals surface area (Å²) in [4.78, 5) is 39.7. The van der Waals surface area contributed by atoms with Crippen molar-refractivity contribution in [3.63, 3.8) is 0 Å². The molecule has 384 valence electrons. The maximum absolute atomic E-state index is 13.4. The van der Waals surface area contributed by atoms with Crippen LogP contribution in [0.3, 0.4) is 0 Å². The molecule has 0 aliphatic heterocycles. The van der Waals surface area contributed by atoms with Gasteiger partial charge in [-0.3, -0.25) is 14.2 Å². The van der Waals surface area contributed by atoms with Crippen LogP contribution in [0.15, 0.2) is 60.8 Å². The summed E-state index contributed by atoms with van der Waals surface area (Å²) >= 11 is 0. The Morgan fingerprint density at radius 1 is 0.545 bits per heavy atom. The van der Waals surface area contributed by atoms with Gasteiger partial charge in [0.05, 0.1) is 33.8 Å². The summed E-state index contributed by atoms with van der Waals surface area (Å²) in [6.45, 7) is 6.68. The van der Waals surface area contributed by atoms with Gasteiger partial charge >= 0.3 is 5.97 Å². The number of unbranched alkanes of at least 4 members (excludes halogenated alkanes) is 24. The first-order valence-corrected chi connectivity index (χ1v) is 28.6. The molecule has 0 aromatic rings. The highest BCUT2D eigenvalue weighted by Gasteiger charge is 2.27. The number of nitrogens with one attached hydrogen (secondary N) is 1. The predicted octanol–water partition coefficient (Wildman–Crippen LogP) is 15.3. The summed E-state index contributed by atoms with van der Waals surface area (Å²) in [5, 5.41) is 2.99. The fourth-order valence-electron chi connectivity index (χ4n) is 7.47. The van der Waals surface area contributed by atoms with E-state index >= 15 is 0 Å². The molecular weight excluding hydrogens is 844 g/mol. The van der Waals surface area contributed by atoms with Gasteiger partial charge in [-0.25, -0.2) is 0 Å². The van der Waals surface area contributed by atoms with Gasteiger partial charge < -0.3 is 28.5 Å². The summed E-state index contributed by atoms with van der Waals surface area (Å²) in [7, 11) is 1.16. The molecule has 0 aliphatic rings. The minimum atomic E-state index is -4.70. The number of phosphoric ester groups is 1. The van der Waals surface area contributed by atoms with Crippen molar-refractivity contribution < 1.29 is 37.3 Å². The number of likely N-dealkylation sites (N-methyl/N-ethyl adjacent to an activating group) is 1. The number of esters is 1. The molecule has 0 heterocycles. The lowest BCUT2D eigenvalue weighted by molar-refractivity contribution is -0.870. The molecule has 0 radical (unpaired) electrons. The van der Waals surface area contributed by atoms with Crippen molar-refractivity contribution in [2.24, 2.45) is 0 Å². The van der Waals surface area contributed by atoms with Gasteiger partial charge in [0.15, 0.2) is 0 Å². The van der Waals surface area contributed by atoms with E-state index in [1.165, 1.54) is 96.3 Å². The van der Waals surface area contributed by atoms with Crippen molar-refractivity contribution in [1.82, 2.24) is 5.32 Å². The molecule has 9 nitrogen and oxygen atoms in total. The fourth-order valence-corrected chi connectivity index (χ4v) is 8.19. The van der Waals surface area contributed by atoms with Crippen LogP contribution in [-0.2, 0) is 27.9 Å². The molecule has 3 atom stereocenters. The highest BCUT2D eigenvalue weighted by molar-refractivity contribution is 7.45. The Kier molecular flexibility index (Phi) is 44.8. The normalized spacial score (nSPS) is 14.3. The van der Waals surface area contributed by atoms with E-state index in [-0.39, 0.29) is 31.3 Å². The number of quaternary nitrogens is 1. The summed E-state index contributed by atoms with van der Waals surface area (Å²) in [5.74, 6) is -0.587. The molecular formula is C56H103N2O7P. The van der Waals surface area contributed by atoms with Crippen LogP contribution in [0.4, 0.5) is 0 Å². The van der Waals surface area contributed by atoms with Gasteiger partial charge in [0.2, 0.25) is 5.91 Å². The Balaban J connectivity index is 5.47.